The number of amides is 6. The monoisotopic (exact) mass is 522 g/mol. The maximum absolute atomic E-state index is 13.5. The fourth-order valence-corrected chi connectivity index (χ4v) is 5.24. The molecular weight excluding hydrogens is 492 g/mol. The number of imide groups is 2. The highest BCUT2D eigenvalue weighted by Crippen LogP contribution is 2.39. The summed E-state index contributed by atoms with van der Waals surface area (Å²) in [6, 6.07) is 3.16. The van der Waals surface area contributed by atoms with E-state index in [-0.39, 0.29) is 45.9 Å². The van der Waals surface area contributed by atoms with Crippen molar-refractivity contribution in [2.75, 3.05) is 13.1 Å². The molecule has 2 aromatic carbocycles. The summed E-state index contributed by atoms with van der Waals surface area (Å²) in [5, 5.41) is 0.299. The van der Waals surface area contributed by atoms with Crippen molar-refractivity contribution in [3.8, 4) is 0 Å². The molecule has 0 aromatic heterocycles. The number of benzene rings is 2. The first-order valence-electron chi connectivity index (χ1n) is 12.5. The largest absolute Gasteiger partial charge is 0.368 e. The van der Waals surface area contributed by atoms with Crippen LogP contribution in [-0.2, 0) is 9.59 Å². The third kappa shape index (κ3) is 4.31. The Bertz CT molecular complexity index is 1200. The molecule has 2 heterocycles. The van der Waals surface area contributed by atoms with Crippen LogP contribution in [0.25, 0.3) is 10.8 Å². The number of nitrogens with zero attached hydrogens (tertiary/aromatic N) is 2. The Balaban J connectivity index is 1.81. The van der Waals surface area contributed by atoms with Gasteiger partial charge in [-0.15, -0.1) is 0 Å². The summed E-state index contributed by atoms with van der Waals surface area (Å²) in [5.74, 6) is -4.65. The van der Waals surface area contributed by atoms with E-state index in [1.165, 1.54) is 24.3 Å². The lowest BCUT2D eigenvalue weighted by Gasteiger charge is -2.35. The van der Waals surface area contributed by atoms with E-state index in [1.54, 1.807) is 0 Å². The van der Waals surface area contributed by atoms with E-state index in [9.17, 15) is 28.8 Å². The summed E-state index contributed by atoms with van der Waals surface area (Å²) in [5.41, 5.74) is 22.4. The van der Waals surface area contributed by atoms with Crippen LogP contribution in [0.5, 0.6) is 0 Å². The van der Waals surface area contributed by atoms with Gasteiger partial charge in [0, 0.05) is 33.0 Å². The highest BCUT2D eigenvalue weighted by Gasteiger charge is 2.44. The highest BCUT2D eigenvalue weighted by atomic mass is 16.2. The van der Waals surface area contributed by atoms with Gasteiger partial charge in [-0.2, -0.15) is 0 Å². The van der Waals surface area contributed by atoms with Gasteiger partial charge < -0.3 is 22.9 Å². The van der Waals surface area contributed by atoms with Gasteiger partial charge in [0.1, 0.15) is 12.1 Å². The van der Waals surface area contributed by atoms with Crippen molar-refractivity contribution in [3.05, 3.63) is 46.5 Å². The van der Waals surface area contributed by atoms with Crippen molar-refractivity contribution < 1.29 is 28.8 Å². The Morgan fingerprint density at radius 3 is 1.11 bits per heavy atom. The van der Waals surface area contributed by atoms with E-state index in [2.05, 4.69) is 0 Å². The van der Waals surface area contributed by atoms with Crippen LogP contribution in [0.3, 0.4) is 0 Å². The average Bonchev–Trinajstić information content (AvgIpc) is 2.88. The zero-order valence-electron chi connectivity index (χ0n) is 20.8. The normalized spacial score (nSPS) is 16.3. The zero-order chi connectivity index (χ0) is 27.7. The number of unbranched alkanes of at least 4 members (excludes halogenated alkanes) is 2. The summed E-state index contributed by atoms with van der Waals surface area (Å²) >= 11 is 0. The summed E-state index contributed by atoms with van der Waals surface area (Å²) in [4.78, 5) is 80.2. The minimum Gasteiger partial charge on any atom is -0.368 e. The Morgan fingerprint density at radius 2 is 0.868 bits per heavy atom. The van der Waals surface area contributed by atoms with Crippen LogP contribution >= 0.6 is 0 Å². The van der Waals surface area contributed by atoms with Gasteiger partial charge in [0.2, 0.25) is 11.8 Å². The molecule has 0 bridgehead atoms. The van der Waals surface area contributed by atoms with Crippen LogP contribution in [-0.4, -0.2) is 70.4 Å². The molecule has 6 amide bonds. The van der Waals surface area contributed by atoms with Gasteiger partial charge in [-0.3, -0.25) is 38.6 Å². The van der Waals surface area contributed by atoms with E-state index in [0.717, 1.165) is 9.80 Å². The molecule has 0 saturated carbocycles. The average molecular weight is 523 g/mol. The summed E-state index contributed by atoms with van der Waals surface area (Å²) in [6.07, 6.45) is 2.43. The van der Waals surface area contributed by atoms with Crippen molar-refractivity contribution in [2.24, 2.45) is 22.9 Å². The lowest BCUT2D eigenvalue weighted by molar-refractivity contribution is -0.122. The molecule has 0 radical (unpaired) electrons. The van der Waals surface area contributed by atoms with Crippen LogP contribution in [0.15, 0.2) is 24.3 Å². The van der Waals surface area contributed by atoms with E-state index in [4.69, 9.17) is 22.9 Å². The Hall–Kier alpha value is -4.16. The molecule has 12 nitrogen and oxygen atoms in total. The Morgan fingerprint density at radius 1 is 0.579 bits per heavy atom. The lowest BCUT2D eigenvalue weighted by atomic mass is 9.84. The van der Waals surface area contributed by atoms with Gasteiger partial charge >= 0.3 is 0 Å². The number of hydrogen-bond donors (Lipinski definition) is 4. The Labute approximate surface area is 218 Å². The molecule has 0 spiro atoms. The number of hydrogen-bond acceptors (Lipinski definition) is 8. The molecular formula is C26H30N6O6. The third-order valence-corrected chi connectivity index (χ3v) is 7.10. The van der Waals surface area contributed by atoms with E-state index < -0.39 is 47.5 Å². The highest BCUT2D eigenvalue weighted by molar-refractivity contribution is 6.34. The Kier molecular flexibility index (Phi) is 7.56. The molecule has 2 aliphatic heterocycles. The van der Waals surface area contributed by atoms with Gasteiger partial charge in [-0.25, -0.2) is 0 Å². The van der Waals surface area contributed by atoms with Crippen molar-refractivity contribution in [1.82, 2.24) is 9.80 Å². The predicted octanol–water partition coefficient (Wildman–Crippen LogP) is -0.00240. The number of carbonyl (C=O) groups excluding carboxylic acids is 6. The molecule has 2 aromatic rings. The van der Waals surface area contributed by atoms with Gasteiger partial charge in [0.15, 0.2) is 0 Å². The SMILES string of the molecule is NCCCCC(C(N)=O)N1C(=O)c2ccc3c4c(ccc(c24)C1=O)C(=O)N(C(CCCCN)C(N)=O)C3=O. The lowest BCUT2D eigenvalue weighted by Crippen LogP contribution is -2.54. The second-order valence-electron chi connectivity index (χ2n) is 9.44. The maximum Gasteiger partial charge on any atom is 0.262 e. The van der Waals surface area contributed by atoms with Crippen LogP contribution in [0.1, 0.15) is 80.0 Å². The van der Waals surface area contributed by atoms with E-state index in [0.29, 0.717) is 38.8 Å². The molecule has 0 aliphatic carbocycles. The summed E-state index contributed by atoms with van der Waals surface area (Å²) in [6.45, 7) is 0.757. The fourth-order valence-electron chi connectivity index (χ4n) is 5.24. The van der Waals surface area contributed by atoms with Gasteiger partial charge in [0.05, 0.1) is 0 Å². The van der Waals surface area contributed by atoms with Crippen LogP contribution in [0.2, 0.25) is 0 Å². The molecule has 2 atom stereocenters. The number of rotatable bonds is 12. The smallest absolute Gasteiger partial charge is 0.262 e. The maximum atomic E-state index is 13.5. The molecule has 0 saturated heterocycles. The minimum atomic E-state index is -1.18. The third-order valence-electron chi connectivity index (χ3n) is 7.10. The number of carbonyl (C=O) groups is 6. The topological polar surface area (TPSA) is 213 Å². The first-order chi connectivity index (χ1) is 18.1. The quantitative estimate of drug-likeness (QED) is 0.219. The molecule has 200 valence electrons. The van der Waals surface area contributed by atoms with Gasteiger partial charge in [0.25, 0.3) is 23.6 Å². The standard InChI is InChI=1S/C26H30N6O6/c27-11-3-1-5-17(21(29)33)31-23(35)13-7-9-15-20-16(10-8-14(19(13)20)24(31)36)26(38)32(25(15)37)18(22(30)34)6-2-4-12-28/h7-10,17-18H,1-6,11-12,27-28H2,(H2,29,33)(H2,30,34). The molecule has 0 fully saturated rings. The second-order valence-corrected chi connectivity index (χ2v) is 9.44. The molecule has 12 heteroatoms. The first kappa shape index (κ1) is 26.9. The molecule has 8 N–H and O–H groups in total. The van der Waals surface area contributed by atoms with Crippen molar-refractivity contribution in [1.29, 1.82) is 0 Å². The van der Waals surface area contributed by atoms with Crippen LogP contribution in [0.4, 0.5) is 0 Å². The fraction of sp³-hybridized carbons (Fsp3) is 0.385. The minimum absolute atomic E-state index is 0.0636. The number of primary amides is 2. The van der Waals surface area contributed by atoms with Crippen LogP contribution in [0, 0.1) is 0 Å². The van der Waals surface area contributed by atoms with Crippen molar-refractivity contribution in [3.63, 3.8) is 0 Å². The summed E-state index contributed by atoms with van der Waals surface area (Å²) < 4.78 is 0. The van der Waals surface area contributed by atoms with E-state index in [1.807, 2.05) is 0 Å². The predicted molar refractivity (Wildman–Crippen MR) is 137 cm³/mol. The molecule has 4 rings (SSSR count). The van der Waals surface area contributed by atoms with Crippen molar-refractivity contribution in [2.45, 2.75) is 50.6 Å². The van der Waals surface area contributed by atoms with E-state index >= 15 is 0 Å². The summed E-state index contributed by atoms with van der Waals surface area (Å²) in [7, 11) is 0. The first-order valence-corrected chi connectivity index (χ1v) is 12.5. The molecule has 2 unspecified atom stereocenters. The zero-order valence-corrected chi connectivity index (χ0v) is 20.8. The van der Waals surface area contributed by atoms with Crippen LogP contribution < -0.4 is 22.9 Å². The van der Waals surface area contributed by atoms with Gasteiger partial charge in [-0.1, -0.05) is 0 Å². The molecule has 2 aliphatic rings. The van der Waals surface area contributed by atoms with Crippen molar-refractivity contribution >= 4 is 46.2 Å². The van der Waals surface area contributed by atoms with Gasteiger partial charge in [-0.05, 0) is 75.9 Å². The second kappa shape index (κ2) is 10.7. The number of nitrogens with two attached hydrogens (primary N) is 4. The molecule has 38 heavy (non-hydrogen) atoms.